The lowest BCUT2D eigenvalue weighted by atomic mass is 9.54. The molecule has 1 aliphatic rings. The standard InChI is InChI=1S/C20H32N2O3.ClH/c1-6-24-17-13-20(21,19(17,4)5)18(23)22-11-12-25-16-9-7-15(8-10-16)14(2)3;/h7-10,14,17H,6,11-13,21H2,1-5H3,(H,22,23);1H. The number of nitrogens with one attached hydrogen (secondary N) is 1. The lowest BCUT2D eigenvalue weighted by Gasteiger charge is -2.57. The van der Waals surface area contributed by atoms with Crippen LogP contribution >= 0.6 is 12.4 Å². The zero-order valence-corrected chi connectivity index (χ0v) is 17.3. The van der Waals surface area contributed by atoms with Crippen LogP contribution < -0.4 is 15.8 Å². The van der Waals surface area contributed by atoms with Gasteiger partial charge < -0.3 is 20.5 Å². The Bertz CT molecular complexity index is 589. The van der Waals surface area contributed by atoms with Crippen molar-refractivity contribution < 1.29 is 14.3 Å². The van der Waals surface area contributed by atoms with Gasteiger partial charge in [0.05, 0.1) is 12.6 Å². The third-order valence-electron chi connectivity index (χ3n) is 5.44. The minimum Gasteiger partial charge on any atom is -0.492 e. The summed E-state index contributed by atoms with van der Waals surface area (Å²) in [5.41, 5.74) is 6.37. The van der Waals surface area contributed by atoms with Gasteiger partial charge in [0, 0.05) is 18.4 Å². The number of rotatable bonds is 8. The van der Waals surface area contributed by atoms with Crippen LogP contribution in [-0.2, 0) is 9.53 Å². The van der Waals surface area contributed by atoms with Crippen molar-refractivity contribution >= 4 is 18.3 Å². The number of ether oxygens (including phenoxy) is 2. The Labute approximate surface area is 163 Å². The van der Waals surface area contributed by atoms with E-state index in [4.69, 9.17) is 15.2 Å². The molecule has 0 saturated heterocycles. The highest BCUT2D eigenvalue weighted by Crippen LogP contribution is 2.49. The summed E-state index contributed by atoms with van der Waals surface area (Å²) in [6.07, 6.45) is 0.584. The van der Waals surface area contributed by atoms with E-state index in [1.54, 1.807) is 0 Å². The first-order valence-electron chi connectivity index (χ1n) is 9.14. The van der Waals surface area contributed by atoms with Crippen molar-refractivity contribution in [3.8, 4) is 5.75 Å². The van der Waals surface area contributed by atoms with Crippen molar-refractivity contribution in [2.24, 2.45) is 11.1 Å². The summed E-state index contributed by atoms with van der Waals surface area (Å²) in [5, 5.41) is 2.90. The molecule has 1 aliphatic carbocycles. The summed E-state index contributed by atoms with van der Waals surface area (Å²) in [5.74, 6) is 1.18. The first-order chi connectivity index (χ1) is 11.7. The number of amides is 1. The monoisotopic (exact) mass is 384 g/mol. The smallest absolute Gasteiger partial charge is 0.240 e. The van der Waals surface area contributed by atoms with E-state index in [1.165, 1.54) is 5.56 Å². The van der Waals surface area contributed by atoms with Gasteiger partial charge >= 0.3 is 0 Å². The van der Waals surface area contributed by atoms with E-state index in [1.807, 2.05) is 32.9 Å². The molecule has 0 heterocycles. The van der Waals surface area contributed by atoms with Crippen LogP contribution in [0.25, 0.3) is 0 Å². The Hall–Kier alpha value is -1.30. The van der Waals surface area contributed by atoms with Gasteiger partial charge in [-0.2, -0.15) is 0 Å². The summed E-state index contributed by atoms with van der Waals surface area (Å²) in [7, 11) is 0. The highest BCUT2D eigenvalue weighted by Gasteiger charge is 2.62. The molecule has 1 fully saturated rings. The quantitative estimate of drug-likeness (QED) is 0.674. The van der Waals surface area contributed by atoms with Crippen LogP contribution in [0.3, 0.4) is 0 Å². The molecule has 0 aromatic heterocycles. The SMILES string of the molecule is CCOC1CC(N)(C(=O)NCCOc2ccc(C(C)C)cc2)C1(C)C.Cl. The number of halogens is 1. The molecule has 1 saturated carbocycles. The van der Waals surface area contributed by atoms with Crippen LogP contribution in [0.4, 0.5) is 0 Å². The van der Waals surface area contributed by atoms with Crippen LogP contribution in [0.5, 0.6) is 5.75 Å². The van der Waals surface area contributed by atoms with E-state index < -0.39 is 5.54 Å². The Morgan fingerprint density at radius 3 is 2.42 bits per heavy atom. The molecule has 26 heavy (non-hydrogen) atoms. The van der Waals surface area contributed by atoms with Gasteiger partial charge in [-0.15, -0.1) is 12.4 Å². The van der Waals surface area contributed by atoms with Crippen LogP contribution in [0, 0.1) is 5.41 Å². The predicted molar refractivity (Wildman–Crippen MR) is 107 cm³/mol. The lowest BCUT2D eigenvalue weighted by molar-refractivity contribution is -0.170. The second-order valence-electron chi connectivity index (χ2n) is 7.67. The highest BCUT2D eigenvalue weighted by atomic mass is 35.5. The van der Waals surface area contributed by atoms with Crippen LogP contribution in [0.1, 0.15) is 52.5 Å². The maximum absolute atomic E-state index is 12.5. The first kappa shape index (κ1) is 22.7. The number of benzene rings is 1. The Kier molecular flexibility index (Phi) is 7.93. The maximum Gasteiger partial charge on any atom is 0.240 e. The third-order valence-corrected chi connectivity index (χ3v) is 5.44. The molecule has 0 aliphatic heterocycles. The molecule has 0 spiro atoms. The minimum atomic E-state index is -0.883. The molecule has 148 valence electrons. The van der Waals surface area contributed by atoms with Gasteiger partial charge in [-0.25, -0.2) is 0 Å². The predicted octanol–water partition coefficient (Wildman–Crippen LogP) is 3.26. The molecule has 0 radical (unpaired) electrons. The van der Waals surface area contributed by atoms with Gasteiger partial charge in [0.2, 0.25) is 5.91 Å². The number of carbonyl (C=O) groups is 1. The fourth-order valence-corrected chi connectivity index (χ4v) is 3.26. The molecule has 3 N–H and O–H groups in total. The Balaban J connectivity index is 0.00000338. The molecule has 1 amide bonds. The maximum atomic E-state index is 12.5. The van der Waals surface area contributed by atoms with Crippen molar-refractivity contribution in [1.82, 2.24) is 5.32 Å². The van der Waals surface area contributed by atoms with Gasteiger partial charge in [-0.05, 0) is 30.5 Å². The molecule has 5 nitrogen and oxygen atoms in total. The highest BCUT2D eigenvalue weighted by molar-refractivity contribution is 5.88. The Morgan fingerprint density at radius 1 is 1.31 bits per heavy atom. The minimum absolute atomic E-state index is 0. The Morgan fingerprint density at radius 2 is 1.92 bits per heavy atom. The van der Waals surface area contributed by atoms with Crippen molar-refractivity contribution in [1.29, 1.82) is 0 Å². The normalized spacial score (nSPS) is 23.7. The molecular formula is C20H33ClN2O3. The van der Waals surface area contributed by atoms with Crippen molar-refractivity contribution in [2.45, 2.75) is 58.6 Å². The van der Waals surface area contributed by atoms with Gasteiger partial charge in [-0.1, -0.05) is 39.8 Å². The average Bonchev–Trinajstić information content (AvgIpc) is 2.58. The second-order valence-corrected chi connectivity index (χ2v) is 7.67. The fourth-order valence-electron chi connectivity index (χ4n) is 3.26. The fraction of sp³-hybridized carbons (Fsp3) is 0.650. The van der Waals surface area contributed by atoms with Crippen LogP contribution in [-0.4, -0.2) is 37.3 Å². The van der Waals surface area contributed by atoms with E-state index in [9.17, 15) is 4.79 Å². The number of carbonyl (C=O) groups excluding carboxylic acids is 1. The number of nitrogens with two attached hydrogens (primary N) is 1. The van der Waals surface area contributed by atoms with Gasteiger partial charge in [-0.3, -0.25) is 4.79 Å². The summed E-state index contributed by atoms with van der Waals surface area (Å²) in [6, 6.07) is 8.06. The van der Waals surface area contributed by atoms with Crippen molar-refractivity contribution in [2.75, 3.05) is 19.8 Å². The molecule has 6 heteroatoms. The summed E-state index contributed by atoms with van der Waals surface area (Å²) in [4.78, 5) is 12.5. The van der Waals surface area contributed by atoms with E-state index in [2.05, 4.69) is 31.3 Å². The second kappa shape index (κ2) is 9.07. The summed E-state index contributed by atoms with van der Waals surface area (Å²) >= 11 is 0. The summed E-state index contributed by atoms with van der Waals surface area (Å²) < 4.78 is 11.4. The zero-order chi connectivity index (χ0) is 18.7. The molecule has 2 unspecified atom stereocenters. The first-order valence-corrected chi connectivity index (χ1v) is 9.14. The zero-order valence-electron chi connectivity index (χ0n) is 16.5. The summed E-state index contributed by atoms with van der Waals surface area (Å²) in [6.45, 7) is 11.7. The molecular weight excluding hydrogens is 352 g/mol. The van der Waals surface area contributed by atoms with E-state index >= 15 is 0 Å². The molecule has 2 atom stereocenters. The third kappa shape index (κ3) is 4.51. The molecule has 1 aromatic carbocycles. The lowest BCUT2D eigenvalue weighted by Crippen LogP contribution is -2.75. The molecule has 2 rings (SSSR count). The topological polar surface area (TPSA) is 73.6 Å². The van der Waals surface area contributed by atoms with Crippen molar-refractivity contribution in [3.05, 3.63) is 29.8 Å². The molecule has 1 aromatic rings. The number of hydrogen-bond donors (Lipinski definition) is 2. The van der Waals surface area contributed by atoms with E-state index in [0.717, 1.165) is 5.75 Å². The largest absolute Gasteiger partial charge is 0.492 e. The molecule has 0 bridgehead atoms. The van der Waals surface area contributed by atoms with Crippen LogP contribution in [0.15, 0.2) is 24.3 Å². The van der Waals surface area contributed by atoms with E-state index in [0.29, 0.717) is 32.1 Å². The van der Waals surface area contributed by atoms with E-state index in [-0.39, 0.29) is 29.8 Å². The van der Waals surface area contributed by atoms with Gasteiger partial charge in [0.1, 0.15) is 17.9 Å². The number of hydrogen-bond acceptors (Lipinski definition) is 4. The average molecular weight is 385 g/mol. The van der Waals surface area contributed by atoms with Gasteiger partial charge in [0.15, 0.2) is 0 Å². The van der Waals surface area contributed by atoms with Crippen molar-refractivity contribution in [3.63, 3.8) is 0 Å². The van der Waals surface area contributed by atoms with Gasteiger partial charge in [0.25, 0.3) is 0 Å². The van der Waals surface area contributed by atoms with Crippen LogP contribution in [0.2, 0.25) is 0 Å².